The molecule has 0 saturated carbocycles. The first-order valence-electron chi connectivity index (χ1n) is 6.83. The molecule has 110 valence electrons. The van der Waals surface area contributed by atoms with Crippen LogP contribution in [0.3, 0.4) is 0 Å². The molecular formula is C14H27N3O2. The van der Waals surface area contributed by atoms with E-state index >= 15 is 0 Å². The fourth-order valence-electron chi connectivity index (χ4n) is 2.34. The topological polar surface area (TPSA) is 62.3 Å². The molecule has 0 radical (unpaired) electrons. The maximum absolute atomic E-state index is 6.44. The van der Waals surface area contributed by atoms with Crippen LogP contribution in [-0.2, 0) is 11.3 Å². The normalized spacial score (nSPS) is 15.3. The molecule has 0 spiro atoms. The first-order chi connectivity index (χ1) is 8.86. The van der Waals surface area contributed by atoms with Crippen LogP contribution >= 0.6 is 0 Å². The van der Waals surface area contributed by atoms with Crippen molar-refractivity contribution in [1.29, 1.82) is 0 Å². The fourth-order valence-corrected chi connectivity index (χ4v) is 2.34. The van der Waals surface area contributed by atoms with Crippen molar-refractivity contribution in [3.8, 4) is 5.75 Å². The zero-order valence-corrected chi connectivity index (χ0v) is 12.9. The second kappa shape index (κ2) is 6.39. The molecule has 5 nitrogen and oxygen atoms in total. The summed E-state index contributed by atoms with van der Waals surface area (Å²) in [5.74, 6) is 0.725. The van der Waals surface area contributed by atoms with Crippen LogP contribution in [0.15, 0.2) is 6.20 Å². The van der Waals surface area contributed by atoms with Crippen LogP contribution in [0.4, 0.5) is 0 Å². The van der Waals surface area contributed by atoms with Crippen LogP contribution in [0.1, 0.15) is 46.4 Å². The van der Waals surface area contributed by atoms with Crippen LogP contribution in [0.5, 0.6) is 5.75 Å². The van der Waals surface area contributed by atoms with E-state index in [0.717, 1.165) is 18.0 Å². The Morgan fingerprint density at radius 3 is 2.42 bits per heavy atom. The maximum Gasteiger partial charge on any atom is 0.161 e. The molecule has 0 aliphatic rings. The Balaban J connectivity index is 3.15. The van der Waals surface area contributed by atoms with Gasteiger partial charge in [-0.15, -0.1) is 0 Å². The van der Waals surface area contributed by atoms with Crippen LogP contribution in [0, 0.1) is 5.41 Å². The molecule has 0 amide bonds. The van der Waals surface area contributed by atoms with Crippen molar-refractivity contribution >= 4 is 0 Å². The number of aryl methyl sites for hydroxylation is 1. The van der Waals surface area contributed by atoms with Crippen molar-refractivity contribution in [3.63, 3.8) is 0 Å². The van der Waals surface area contributed by atoms with Crippen molar-refractivity contribution in [2.24, 2.45) is 11.1 Å². The molecule has 0 fully saturated rings. The van der Waals surface area contributed by atoms with Crippen LogP contribution in [-0.4, -0.2) is 29.6 Å². The van der Waals surface area contributed by atoms with E-state index in [1.807, 2.05) is 18.5 Å². The molecule has 0 aromatic carbocycles. The number of hydrogen-bond acceptors (Lipinski definition) is 4. The molecule has 1 aromatic rings. The molecule has 19 heavy (non-hydrogen) atoms. The first kappa shape index (κ1) is 16.0. The van der Waals surface area contributed by atoms with E-state index in [1.54, 1.807) is 13.3 Å². The van der Waals surface area contributed by atoms with Crippen molar-refractivity contribution < 1.29 is 9.47 Å². The predicted octanol–water partition coefficient (Wildman–Crippen LogP) is 2.36. The highest BCUT2D eigenvalue weighted by Gasteiger charge is 2.35. The third-order valence-electron chi connectivity index (χ3n) is 3.21. The highest BCUT2D eigenvalue weighted by Crippen LogP contribution is 2.35. The summed E-state index contributed by atoms with van der Waals surface area (Å²) in [7, 11) is 1.64. The second-order valence-corrected chi connectivity index (χ2v) is 5.68. The lowest BCUT2D eigenvalue weighted by atomic mass is 9.83. The standard InChI is InChI=1S/C14H27N3O2/c1-7-17-12(10(18-6)9-16-17)11(15)13(19-8-2)14(3,4)5/h9,11,13H,7-8,15H2,1-6H3. The lowest BCUT2D eigenvalue weighted by molar-refractivity contribution is -0.0302. The Kier molecular flexibility index (Phi) is 5.38. The second-order valence-electron chi connectivity index (χ2n) is 5.68. The number of hydrogen-bond donors (Lipinski definition) is 1. The molecule has 2 atom stereocenters. The predicted molar refractivity (Wildman–Crippen MR) is 76.3 cm³/mol. The zero-order valence-electron chi connectivity index (χ0n) is 12.9. The van der Waals surface area contributed by atoms with Gasteiger partial charge in [-0.1, -0.05) is 20.8 Å². The van der Waals surface area contributed by atoms with E-state index in [9.17, 15) is 0 Å². The molecule has 0 bridgehead atoms. The lowest BCUT2D eigenvalue weighted by Crippen LogP contribution is -2.40. The van der Waals surface area contributed by atoms with E-state index in [1.165, 1.54) is 0 Å². The fraction of sp³-hybridized carbons (Fsp3) is 0.786. The number of aromatic nitrogens is 2. The van der Waals surface area contributed by atoms with E-state index in [0.29, 0.717) is 6.61 Å². The molecule has 2 N–H and O–H groups in total. The average Bonchev–Trinajstić information content (AvgIpc) is 2.76. The summed E-state index contributed by atoms with van der Waals surface area (Å²) in [4.78, 5) is 0. The Morgan fingerprint density at radius 2 is 2.00 bits per heavy atom. The summed E-state index contributed by atoms with van der Waals surface area (Å²) in [5, 5.41) is 4.31. The molecule has 0 aliphatic heterocycles. The molecule has 5 heteroatoms. The highest BCUT2D eigenvalue weighted by molar-refractivity contribution is 5.29. The van der Waals surface area contributed by atoms with Crippen LogP contribution < -0.4 is 10.5 Å². The highest BCUT2D eigenvalue weighted by atomic mass is 16.5. The van der Waals surface area contributed by atoms with E-state index in [4.69, 9.17) is 15.2 Å². The Labute approximate surface area is 116 Å². The first-order valence-corrected chi connectivity index (χ1v) is 6.83. The summed E-state index contributed by atoms with van der Waals surface area (Å²) < 4.78 is 13.1. The smallest absolute Gasteiger partial charge is 0.161 e. The summed E-state index contributed by atoms with van der Waals surface area (Å²) >= 11 is 0. The molecule has 0 aliphatic carbocycles. The van der Waals surface area contributed by atoms with Gasteiger partial charge in [0.2, 0.25) is 0 Å². The van der Waals surface area contributed by atoms with Gasteiger partial charge in [-0.2, -0.15) is 5.10 Å². The number of nitrogens with two attached hydrogens (primary N) is 1. The Hall–Kier alpha value is -1.07. The van der Waals surface area contributed by atoms with Gasteiger partial charge in [0.25, 0.3) is 0 Å². The number of methoxy groups -OCH3 is 1. The molecule has 1 heterocycles. The third kappa shape index (κ3) is 3.48. The van der Waals surface area contributed by atoms with Crippen molar-refractivity contribution in [2.75, 3.05) is 13.7 Å². The van der Waals surface area contributed by atoms with E-state index in [-0.39, 0.29) is 17.6 Å². The van der Waals surface area contributed by atoms with Crippen molar-refractivity contribution in [3.05, 3.63) is 11.9 Å². The SMILES string of the molecule is CCOC(C(N)c1c(OC)cnn1CC)C(C)(C)C. The molecule has 2 unspecified atom stereocenters. The minimum Gasteiger partial charge on any atom is -0.493 e. The molecule has 0 saturated heterocycles. The van der Waals surface area contributed by atoms with Gasteiger partial charge in [-0.05, 0) is 19.3 Å². The molecule has 1 aromatic heterocycles. The van der Waals surface area contributed by atoms with Gasteiger partial charge in [-0.25, -0.2) is 0 Å². The van der Waals surface area contributed by atoms with Gasteiger partial charge in [0, 0.05) is 13.2 Å². The summed E-state index contributed by atoms with van der Waals surface area (Å²) in [6.45, 7) is 11.8. The summed E-state index contributed by atoms with van der Waals surface area (Å²) in [5.41, 5.74) is 7.29. The van der Waals surface area contributed by atoms with Crippen molar-refractivity contribution in [2.45, 2.75) is 53.3 Å². The van der Waals surface area contributed by atoms with E-state index < -0.39 is 0 Å². The van der Waals surface area contributed by atoms with Gasteiger partial charge in [0.05, 0.1) is 31.1 Å². The molecular weight excluding hydrogens is 242 g/mol. The average molecular weight is 269 g/mol. The lowest BCUT2D eigenvalue weighted by Gasteiger charge is -2.35. The largest absolute Gasteiger partial charge is 0.493 e. The minimum absolute atomic E-state index is 0.0523. The van der Waals surface area contributed by atoms with Crippen LogP contribution in [0.25, 0.3) is 0 Å². The maximum atomic E-state index is 6.44. The number of ether oxygens (including phenoxy) is 2. The Morgan fingerprint density at radius 1 is 1.37 bits per heavy atom. The zero-order chi connectivity index (χ0) is 14.6. The minimum atomic E-state index is -0.266. The van der Waals surface area contributed by atoms with E-state index in [2.05, 4.69) is 25.9 Å². The van der Waals surface area contributed by atoms with Crippen LogP contribution in [0.2, 0.25) is 0 Å². The number of nitrogens with zero attached hydrogens (tertiary/aromatic N) is 2. The van der Waals surface area contributed by atoms with Gasteiger partial charge in [0.15, 0.2) is 5.75 Å². The van der Waals surface area contributed by atoms with Gasteiger partial charge in [0.1, 0.15) is 0 Å². The Bertz CT molecular complexity index is 374. The number of rotatable bonds is 6. The van der Waals surface area contributed by atoms with Gasteiger partial charge < -0.3 is 15.2 Å². The summed E-state index contributed by atoms with van der Waals surface area (Å²) in [6.07, 6.45) is 1.62. The monoisotopic (exact) mass is 269 g/mol. The van der Waals surface area contributed by atoms with Crippen molar-refractivity contribution in [1.82, 2.24) is 9.78 Å². The van der Waals surface area contributed by atoms with Gasteiger partial charge in [-0.3, -0.25) is 4.68 Å². The third-order valence-corrected chi connectivity index (χ3v) is 3.21. The molecule has 1 rings (SSSR count). The van der Waals surface area contributed by atoms with Gasteiger partial charge >= 0.3 is 0 Å². The quantitative estimate of drug-likeness (QED) is 0.861. The summed E-state index contributed by atoms with van der Waals surface area (Å²) in [6, 6.07) is -0.266.